The number of hydrogen-bond donors (Lipinski definition) is 1. The summed E-state index contributed by atoms with van der Waals surface area (Å²) in [6.45, 7) is 3.36. The zero-order valence-corrected chi connectivity index (χ0v) is 9.34. The molecule has 1 heterocycles. The molecule has 0 aliphatic rings. The first-order chi connectivity index (χ1) is 8.19. The molecule has 2 rings (SSSR count). The fraction of sp³-hybridized carbons (Fsp3) is 0.250. The van der Waals surface area contributed by atoms with Gasteiger partial charge in [-0.3, -0.25) is 0 Å². The predicted molar refractivity (Wildman–Crippen MR) is 59.2 cm³/mol. The molecule has 0 fully saturated rings. The van der Waals surface area contributed by atoms with Crippen LogP contribution in [0, 0.1) is 11.6 Å². The van der Waals surface area contributed by atoms with Crippen molar-refractivity contribution in [3.63, 3.8) is 0 Å². The molecule has 1 aromatic heterocycles. The van der Waals surface area contributed by atoms with E-state index < -0.39 is 11.6 Å². The second kappa shape index (κ2) is 5.05. The first-order valence-electron chi connectivity index (χ1n) is 5.32. The van der Waals surface area contributed by atoms with Crippen molar-refractivity contribution >= 4 is 0 Å². The predicted octanol–water partition coefficient (Wildman–Crippen LogP) is 2.73. The summed E-state index contributed by atoms with van der Waals surface area (Å²) in [6.07, 6.45) is 0. The van der Waals surface area contributed by atoms with E-state index in [2.05, 4.69) is 10.5 Å². The van der Waals surface area contributed by atoms with Gasteiger partial charge in [0.15, 0.2) is 5.76 Å². The molecule has 0 saturated carbocycles. The third-order valence-electron chi connectivity index (χ3n) is 2.26. The molecule has 0 aliphatic carbocycles. The van der Waals surface area contributed by atoms with Gasteiger partial charge in [-0.2, -0.15) is 0 Å². The van der Waals surface area contributed by atoms with Crippen molar-refractivity contribution in [3.05, 3.63) is 41.6 Å². The number of rotatable bonds is 4. The molecule has 5 heteroatoms. The van der Waals surface area contributed by atoms with Crippen LogP contribution in [0.1, 0.15) is 12.6 Å². The number of aromatic nitrogens is 1. The fourth-order valence-electron chi connectivity index (χ4n) is 1.48. The van der Waals surface area contributed by atoms with Crippen molar-refractivity contribution in [1.82, 2.24) is 10.5 Å². The Kier molecular flexibility index (Phi) is 3.49. The average molecular weight is 238 g/mol. The van der Waals surface area contributed by atoms with E-state index in [0.29, 0.717) is 23.6 Å². The Morgan fingerprint density at radius 2 is 1.88 bits per heavy atom. The first kappa shape index (κ1) is 11.7. The van der Waals surface area contributed by atoms with E-state index in [0.717, 1.165) is 12.6 Å². The lowest BCUT2D eigenvalue weighted by atomic mass is 10.1. The normalized spacial score (nSPS) is 10.8. The van der Waals surface area contributed by atoms with Gasteiger partial charge in [-0.1, -0.05) is 12.1 Å². The number of benzene rings is 1. The summed E-state index contributed by atoms with van der Waals surface area (Å²) < 4.78 is 31.1. The highest BCUT2D eigenvalue weighted by molar-refractivity contribution is 5.57. The molecule has 0 atom stereocenters. The molecule has 0 bridgehead atoms. The van der Waals surface area contributed by atoms with Gasteiger partial charge in [0.05, 0.1) is 5.69 Å². The van der Waals surface area contributed by atoms with Crippen molar-refractivity contribution in [1.29, 1.82) is 0 Å². The summed E-state index contributed by atoms with van der Waals surface area (Å²) in [7, 11) is 0. The van der Waals surface area contributed by atoms with Crippen LogP contribution in [0.3, 0.4) is 0 Å². The summed E-state index contributed by atoms with van der Waals surface area (Å²) >= 11 is 0. The van der Waals surface area contributed by atoms with Crippen molar-refractivity contribution in [2.45, 2.75) is 13.5 Å². The highest BCUT2D eigenvalue weighted by atomic mass is 19.1. The Labute approximate surface area is 97.4 Å². The van der Waals surface area contributed by atoms with Gasteiger partial charge in [0.1, 0.15) is 11.6 Å². The highest BCUT2D eigenvalue weighted by Crippen LogP contribution is 2.22. The zero-order chi connectivity index (χ0) is 12.3. The number of halogens is 2. The molecule has 0 amide bonds. The maximum Gasteiger partial charge on any atom is 0.167 e. The van der Waals surface area contributed by atoms with Crippen LogP contribution in [0.25, 0.3) is 11.3 Å². The van der Waals surface area contributed by atoms with E-state index in [9.17, 15) is 8.78 Å². The second-order valence-corrected chi connectivity index (χ2v) is 3.62. The van der Waals surface area contributed by atoms with Gasteiger partial charge in [-0.15, -0.1) is 0 Å². The molecule has 0 unspecified atom stereocenters. The first-order valence-corrected chi connectivity index (χ1v) is 5.32. The van der Waals surface area contributed by atoms with E-state index in [-0.39, 0.29) is 0 Å². The van der Waals surface area contributed by atoms with E-state index >= 15 is 0 Å². The standard InChI is InChI=1S/C12H12F2N2O/c1-2-15-7-11-6-12(17-16-11)8-3-9(13)5-10(14)4-8/h3-6,15H,2,7H2,1H3. The van der Waals surface area contributed by atoms with Crippen LogP contribution in [-0.4, -0.2) is 11.7 Å². The number of nitrogens with one attached hydrogen (secondary N) is 1. The summed E-state index contributed by atoms with van der Waals surface area (Å²) in [5.74, 6) is -0.912. The SMILES string of the molecule is CCNCc1cc(-c2cc(F)cc(F)c2)on1. The second-order valence-electron chi connectivity index (χ2n) is 3.62. The Hall–Kier alpha value is -1.75. The molecule has 90 valence electrons. The topological polar surface area (TPSA) is 38.1 Å². The van der Waals surface area contributed by atoms with Crippen LogP contribution in [0.4, 0.5) is 8.78 Å². The summed E-state index contributed by atoms with van der Waals surface area (Å²) in [5.41, 5.74) is 1.05. The van der Waals surface area contributed by atoms with Crippen molar-refractivity contribution in [2.75, 3.05) is 6.54 Å². The monoisotopic (exact) mass is 238 g/mol. The molecule has 0 radical (unpaired) electrons. The number of hydrogen-bond acceptors (Lipinski definition) is 3. The summed E-state index contributed by atoms with van der Waals surface area (Å²) in [4.78, 5) is 0. The van der Waals surface area contributed by atoms with E-state index in [1.54, 1.807) is 6.07 Å². The molecule has 17 heavy (non-hydrogen) atoms. The maximum atomic E-state index is 13.0. The van der Waals surface area contributed by atoms with Crippen molar-refractivity contribution < 1.29 is 13.3 Å². The lowest BCUT2D eigenvalue weighted by Gasteiger charge is -1.96. The molecule has 1 N–H and O–H groups in total. The Bertz CT molecular complexity index is 491. The quantitative estimate of drug-likeness (QED) is 0.890. The molecule has 0 aliphatic heterocycles. The molecular formula is C12H12F2N2O. The molecule has 0 spiro atoms. The van der Waals surface area contributed by atoms with Gasteiger partial charge >= 0.3 is 0 Å². The van der Waals surface area contributed by atoms with Crippen LogP contribution >= 0.6 is 0 Å². The van der Waals surface area contributed by atoms with Crippen LogP contribution in [0.15, 0.2) is 28.8 Å². The molecule has 2 aromatic rings. The van der Waals surface area contributed by atoms with Crippen molar-refractivity contribution in [3.8, 4) is 11.3 Å². The lowest BCUT2D eigenvalue weighted by molar-refractivity contribution is 0.420. The van der Waals surface area contributed by atoms with Crippen LogP contribution in [-0.2, 0) is 6.54 Å². The molecule has 1 aromatic carbocycles. The highest BCUT2D eigenvalue weighted by Gasteiger charge is 2.09. The van der Waals surface area contributed by atoms with Crippen LogP contribution in [0.2, 0.25) is 0 Å². The van der Waals surface area contributed by atoms with E-state index in [1.807, 2.05) is 6.92 Å². The zero-order valence-electron chi connectivity index (χ0n) is 9.34. The van der Waals surface area contributed by atoms with Crippen LogP contribution < -0.4 is 5.32 Å². The van der Waals surface area contributed by atoms with Gasteiger partial charge in [0.2, 0.25) is 0 Å². The van der Waals surface area contributed by atoms with Gasteiger partial charge in [-0.25, -0.2) is 8.78 Å². The van der Waals surface area contributed by atoms with Gasteiger partial charge < -0.3 is 9.84 Å². The average Bonchev–Trinajstić information content (AvgIpc) is 2.73. The Morgan fingerprint density at radius 1 is 1.18 bits per heavy atom. The summed E-state index contributed by atoms with van der Waals surface area (Å²) in [5, 5.41) is 6.89. The van der Waals surface area contributed by atoms with Gasteiger partial charge in [0.25, 0.3) is 0 Å². The Balaban J connectivity index is 2.24. The smallest absolute Gasteiger partial charge is 0.167 e. The van der Waals surface area contributed by atoms with Crippen molar-refractivity contribution in [2.24, 2.45) is 0 Å². The summed E-state index contributed by atoms with van der Waals surface area (Å²) in [6, 6.07) is 4.90. The minimum Gasteiger partial charge on any atom is -0.356 e. The Morgan fingerprint density at radius 3 is 2.53 bits per heavy atom. The molecule has 3 nitrogen and oxygen atoms in total. The third-order valence-corrected chi connectivity index (χ3v) is 2.26. The van der Waals surface area contributed by atoms with E-state index in [4.69, 9.17) is 4.52 Å². The lowest BCUT2D eigenvalue weighted by Crippen LogP contribution is -2.11. The largest absolute Gasteiger partial charge is 0.356 e. The van der Waals surface area contributed by atoms with Gasteiger partial charge in [-0.05, 0) is 18.7 Å². The molecular weight excluding hydrogens is 226 g/mol. The minimum atomic E-state index is -0.635. The van der Waals surface area contributed by atoms with Gasteiger partial charge in [0, 0.05) is 24.2 Å². The third kappa shape index (κ3) is 2.88. The van der Waals surface area contributed by atoms with Crippen LogP contribution in [0.5, 0.6) is 0 Å². The molecule has 0 saturated heterocycles. The van der Waals surface area contributed by atoms with E-state index in [1.165, 1.54) is 12.1 Å². The minimum absolute atomic E-state index is 0.345. The fourth-order valence-corrected chi connectivity index (χ4v) is 1.48. The number of nitrogens with zero attached hydrogens (tertiary/aromatic N) is 1. The maximum absolute atomic E-state index is 13.0.